The molecule has 2 aromatic carbocycles. The number of aromatic nitrogens is 4. The standard InChI is InChI=1S/C26H26F2N6O/c1-33-25(35)23(17-6-8-19(27)9-7-17)24(34(33)20-10-13-29-14-11-20)22-12-15-30-26(32-22)31-16-18-4-2-3-5-21(18)28/h2-9,12,15,20,29H,10-11,13-14,16H2,1H3,(H,30,31,32). The van der Waals surface area contributed by atoms with Gasteiger partial charge in [-0.2, -0.15) is 0 Å². The molecule has 9 heteroatoms. The van der Waals surface area contributed by atoms with Crippen LogP contribution in [0.4, 0.5) is 14.7 Å². The quantitative estimate of drug-likeness (QED) is 0.438. The maximum atomic E-state index is 14.1. The van der Waals surface area contributed by atoms with Gasteiger partial charge in [0.05, 0.1) is 23.0 Å². The van der Waals surface area contributed by atoms with Gasteiger partial charge < -0.3 is 10.6 Å². The van der Waals surface area contributed by atoms with E-state index in [2.05, 4.69) is 15.6 Å². The summed E-state index contributed by atoms with van der Waals surface area (Å²) in [5, 5.41) is 6.44. The molecular formula is C26H26F2N6O. The fourth-order valence-corrected chi connectivity index (χ4v) is 4.62. The lowest BCUT2D eigenvalue weighted by Crippen LogP contribution is -2.33. The van der Waals surface area contributed by atoms with Crippen molar-refractivity contribution in [2.75, 3.05) is 18.4 Å². The fourth-order valence-electron chi connectivity index (χ4n) is 4.62. The number of benzene rings is 2. The van der Waals surface area contributed by atoms with E-state index < -0.39 is 0 Å². The van der Waals surface area contributed by atoms with E-state index in [0.29, 0.717) is 34.0 Å². The van der Waals surface area contributed by atoms with E-state index in [1.54, 1.807) is 54.3 Å². The number of piperidine rings is 1. The van der Waals surface area contributed by atoms with Gasteiger partial charge in [-0.3, -0.25) is 14.2 Å². The van der Waals surface area contributed by atoms with E-state index in [4.69, 9.17) is 4.98 Å². The Morgan fingerprint density at radius 3 is 2.54 bits per heavy atom. The smallest absolute Gasteiger partial charge is 0.274 e. The number of hydrogen-bond acceptors (Lipinski definition) is 5. The van der Waals surface area contributed by atoms with E-state index in [9.17, 15) is 13.6 Å². The number of hydrogen-bond donors (Lipinski definition) is 2. The Labute approximate surface area is 201 Å². The average molecular weight is 477 g/mol. The summed E-state index contributed by atoms with van der Waals surface area (Å²) in [6, 6.07) is 14.3. The lowest BCUT2D eigenvalue weighted by Gasteiger charge is -2.27. The summed E-state index contributed by atoms with van der Waals surface area (Å²) in [6.45, 7) is 1.92. The van der Waals surface area contributed by atoms with Gasteiger partial charge in [0, 0.05) is 25.4 Å². The first kappa shape index (κ1) is 22.9. The van der Waals surface area contributed by atoms with Crippen LogP contribution in [0.3, 0.4) is 0 Å². The summed E-state index contributed by atoms with van der Waals surface area (Å²) < 4.78 is 31.3. The molecule has 7 nitrogen and oxygen atoms in total. The Morgan fingerprint density at radius 1 is 1.06 bits per heavy atom. The van der Waals surface area contributed by atoms with Crippen LogP contribution >= 0.6 is 0 Å². The van der Waals surface area contributed by atoms with Crippen molar-refractivity contribution in [1.82, 2.24) is 24.6 Å². The molecular weight excluding hydrogens is 450 g/mol. The Bertz CT molecular complexity index is 1390. The van der Waals surface area contributed by atoms with Crippen molar-refractivity contribution in [2.24, 2.45) is 7.05 Å². The fraction of sp³-hybridized carbons (Fsp3) is 0.269. The molecule has 0 radical (unpaired) electrons. The Morgan fingerprint density at radius 2 is 1.80 bits per heavy atom. The summed E-state index contributed by atoms with van der Waals surface area (Å²) in [5.74, 6) is -0.354. The van der Waals surface area contributed by atoms with E-state index in [-0.39, 0.29) is 29.8 Å². The molecule has 1 aliphatic heterocycles. The van der Waals surface area contributed by atoms with Crippen molar-refractivity contribution in [3.05, 3.63) is 88.3 Å². The molecule has 0 spiro atoms. The average Bonchev–Trinajstić information content (AvgIpc) is 3.15. The predicted molar refractivity (Wildman–Crippen MR) is 131 cm³/mol. The number of nitrogens with one attached hydrogen (secondary N) is 2. The molecule has 0 saturated carbocycles. The highest BCUT2D eigenvalue weighted by Crippen LogP contribution is 2.34. The summed E-state index contributed by atoms with van der Waals surface area (Å²) in [7, 11) is 1.75. The van der Waals surface area contributed by atoms with Crippen molar-refractivity contribution in [3.63, 3.8) is 0 Å². The third kappa shape index (κ3) is 4.59. The highest BCUT2D eigenvalue weighted by atomic mass is 19.1. The molecule has 0 aliphatic carbocycles. The molecule has 1 aliphatic rings. The van der Waals surface area contributed by atoms with Crippen LogP contribution in [0.25, 0.3) is 22.5 Å². The zero-order chi connectivity index (χ0) is 24.4. The Balaban J connectivity index is 1.60. The van der Waals surface area contributed by atoms with Crippen LogP contribution < -0.4 is 16.2 Å². The predicted octanol–water partition coefficient (Wildman–Crippen LogP) is 4.13. The normalized spacial score (nSPS) is 14.3. The van der Waals surface area contributed by atoms with Crippen LogP contribution in [-0.2, 0) is 13.6 Å². The second kappa shape index (κ2) is 9.79. The topological polar surface area (TPSA) is 76.8 Å². The zero-order valence-electron chi connectivity index (χ0n) is 19.3. The van der Waals surface area contributed by atoms with E-state index in [1.165, 1.54) is 18.2 Å². The highest BCUT2D eigenvalue weighted by Gasteiger charge is 2.27. The third-order valence-corrected chi connectivity index (χ3v) is 6.38. The van der Waals surface area contributed by atoms with Gasteiger partial charge in [-0.25, -0.2) is 18.7 Å². The number of anilines is 1. The van der Waals surface area contributed by atoms with Gasteiger partial charge in [-0.05, 0) is 55.8 Å². The summed E-state index contributed by atoms with van der Waals surface area (Å²) in [5.41, 5.74) is 2.63. The number of nitrogens with zero attached hydrogens (tertiary/aromatic N) is 4. The lowest BCUT2D eigenvalue weighted by atomic mass is 10.0. The van der Waals surface area contributed by atoms with Gasteiger partial charge in [0.25, 0.3) is 5.56 Å². The molecule has 0 unspecified atom stereocenters. The Hall–Kier alpha value is -3.85. The van der Waals surface area contributed by atoms with E-state index in [0.717, 1.165) is 25.9 Å². The maximum absolute atomic E-state index is 14.1. The molecule has 4 aromatic rings. The van der Waals surface area contributed by atoms with Crippen molar-refractivity contribution >= 4 is 5.95 Å². The zero-order valence-corrected chi connectivity index (χ0v) is 19.3. The molecule has 2 N–H and O–H groups in total. The van der Waals surface area contributed by atoms with Crippen LogP contribution in [-0.4, -0.2) is 32.4 Å². The maximum Gasteiger partial charge on any atom is 0.274 e. The first-order valence-electron chi connectivity index (χ1n) is 11.6. The van der Waals surface area contributed by atoms with Crippen molar-refractivity contribution in [2.45, 2.75) is 25.4 Å². The van der Waals surface area contributed by atoms with E-state index in [1.807, 2.05) is 4.68 Å². The minimum atomic E-state index is -0.369. The van der Waals surface area contributed by atoms with Crippen molar-refractivity contribution in [1.29, 1.82) is 0 Å². The second-order valence-electron chi connectivity index (χ2n) is 8.60. The van der Waals surface area contributed by atoms with Crippen LogP contribution in [0.1, 0.15) is 24.4 Å². The number of rotatable bonds is 6. The van der Waals surface area contributed by atoms with Crippen molar-refractivity contribution in [3.8, 4) is 22.5 Å². The summed E-state index contributed by atoms with van der Waals surface area (Å²) in [6.07, 6.45) is 3.34. The number of halogens is 2. The summed E-state index contributed by atoms with van der Waals surface area (Å²) in [4.78, 5) is 22.5. The minimum Gasteiger partial charge on any atom is -0.350 e. The van der Waals surface area contributed by atoms with Gasteiger partial charge in [0.1, 0.15) is 11.6 Å². The lowest BCUT2D eigenvalue weighted by molar-refractivity contribution is 0.313. The van der Waals surface area contributed by atoms with Crippen LogP contribution in [0, 0.1) is 11.6 Å². The SMILES string of the molecule is Cn1c(=O)c(-c2ccc(F)cc2)c(-c2ccnc(NCc3ccccc3F)n2)n1C1CCNCC1. The molecule has 0 amide bonds. The van der Waals surface area contributed by atoms with Crippen LogP contribution in [0.15, 0.2) is 65.6 Å². The van der Waals surface area contributed by atoms with Gasteiger partial charge in [0.2, 0.25) is 5.95 Å². The van der Waals surface area contributed by atoms with Gasteiger partial charge in [0.15, 0.2) is 0 Å². The molecule has 5 rings (SSSR count). The van der Waals surface area contributed by atoms with Crippen molar-refractivity contribution < 1.29 is 8.78 Å². The molecule has 3 heterocycles. The highest BCUT2D eigenvalue weighted by molar-refractivity contribution is 5.79. The largest absolute Gasteiger partial charge is 0.350 e. The minimum absolute atomic E-state index is 0.0999. The molecule has 1 fully saturated rings. The van der Waals surface area contributed by atoms with E-state index >= 15 is 0 Å². The molecule has 2 aromatic heterocycles. The third-order valence-electron chi connectivity index (χ3n) is 6.38. The molecule has 0 atom stereocenters. The van der Waals surface area contributed by atoms with Gasteiger partial charge in [-0.1, -0.05) is 30.3 Å². The Kier molecular flexibility index (Phi) is 6.41. The van der Waals surface area contributed by atoms with Crippen LogP contribution in [0.2, 0.25) is 0 Å². The van der Waals surface area contributed by atoms with Gasteiger partial charge in [-0.15, -0.1) is 0 Å². The summed E-state index contributed by atoms with van der Waals surface area (Å²) >= 11 is 0. The van der Waals surface area contributed by atoms with Crippen LogP contribution in [0.5, 0.6) is 0 Å². The first-order chi connectivity index (χ1) is 17.0. The first-order valence-corrected chi connectivity index (χ1v) is 11.6. The molecule has 35 heavy (non-hydrogen) atoms. The van der Waals surface area contributed by atoms with Gasteiger partial charge >= 0.3 is 0 Å². The monoisotopic (exact) mass is 476 g/mol. The second-order valence-corrected chi connectivity index (χ2v) is 8.60. The molecule has 0 bridgehead atoms. The molecule has 1 saturated heterocycles. The molecule has 180 valence electrons.